The van der Waals surface area contributed by atoms with Gasteiger partial charge >= 0.3 is 0 Å². The Morgan fingerprint density at radius 2 is 1.67 bits per heavy atom. The predicted octanol–water partition coefficient (Wildman–Crippen LogP) is 5.02. The molecular formula is C32H36F2N6O3. The number of halogens is 2. The smallest absolute Gasteiger partial charge is 0.276 e. The minimum absolute atomic E-state index is 0.0560. The van der Waals surface area contributed by atoms with E-state index in [2.05, 4.69) is 15.2 Å². The van der Waals surface area contributed by atoms with Crippen LogP contribution in [0.1, 0.15) is 57.7 Å². The summed E-state index contributed by atoms with van der Waals surface area (Å²) in [6.45, 7) is 9.62. The summed E-state index contributed by atoms with van der Waals surface area (Å²) in [5, 5.41) is 8.66. The monoisotopic (exact) mass is 590 g/mol. The van der Waals surface area contributed by atoms with E-state index in [-0.39, 0.29) is 30.4 Å². The highest BCUT2D eigenvalue weighted by Gasteiger charge is 2.29. The number of benzene rings is 2. The zero-order chi connectivity index (χ0) is 30.7. The molecule has 0 aliphatic carbocycles. The van der Waals surface area contributed by atoms with Crippen LogP contribution in [0.3, 0.4) is 0 Å². The third-order valence-electron chi connectivity index (χ3n) is 7.83. The molecule has 4 aromatic rings. The topological polar surface area (TPSA) is 87.7 Å². The van der Waals surface area contributed by atoms with Gasteiger partial charge in [0.25, 0.3) is 5.91 Å². The molecule has 2 amide bonds. The van der Waals surface area contributed by atoms with Gasteiger partial charge in [-0.3, -0.25) is 19.2 Å². The van der Waals surface area contributed by atoms with Crippen molar-refractivity contribution in [2.45, 2.75) is 53.8 Å². The highest BCUT2D eigenvalue weighted by molar-refractivity contribution is 5.95. The Balaban J connectivity index is 1.53. The van der Waals surface area contributed by atoms with Gasteiger partial charge in [0.1, 0.15) is 5.76 Å². The molecule has 0 atom stereocenters. The van der Waals surface area contributed by atoms with Gasteiger partial charge < -0.3 is 14.3 Å². The average Bonchev–Trinajstić information content (AvgIpc) is 3.49. The molecule has 43 heavy (non-hydrogen) atoms. The molecule has 2 aromatic heterocycles. The normalized spacial score (nSPS) is 14.8. The van der Waals surface area contributed by atoms with Crippen LogP contribution < -0.4 is 4.90 Å². The maximum atomic E-state index is 14.6. The third-order valence-corrected chi connectivity index (χ3v) is 7.83. The summed E-state index contributed by atoms with van der Waals surface area (Å²) in [6.07, 6.45) is 0.605. The molecule has 0 N–H and O–H groups in total. The average molecular weight is 591 g/mol. The van der Waals surface area contributed by atoms with Crippen LogP contribution in [0.5, 0.6) is 0 Å². The summed E-state index contributed by atoms with van der Waals surface area (Å²) in [6, 6.07) is 14.1. The second-order valence-corrected chi connectivity index (χ2v) is 11.1. The van der Waals surface area contributed by atoms with Crippen LogP contribution in [0.15, 0.2) is 53.1 Å². The number of rotatable bonds is 5. The number of aryl methyl sites for hydroxylation is 3. The zero-order valence-electron chi connectivity index (χ0n) is 24.9. The van der Waals surface area contributed by atoms with E-state index in [1.165, 1.54) is 11.8 Å². The van der Waals surface area contributed by atoms with Crippen molar-refractivity contribution in [3.63, 3.8) is 0 Å². The summed E-state index contributed by atoms with van der Waals surface area (Å²) < 4.78 is 36.4. The van der Waals surface area contributed by atoms with Gasteiger partial charge in [-0.1, -0.05) is 35.5 Å². The highest BCUT2D eigenvalue weighted by atomic mass is 19.2. The van der Waals surface area contributed by atoms with E-state index in [4.69, 9.17) is 4.52 Å². The minimum Gasteiger partial charge on any atom is -0.361 e. The number of hydrogen-bond donors (Lipinski definition) is 0. The second-order valence-electron chi connectivity index (χ2n) is 11.1. The van der Waals surface area contributed by atoms with Crippen molar-refractivity contribution in [3.8, 4) is 0 Å². The number of hydrogen-bond acceptors (Lipinski definition) is 6. The fourth-order valence-corrected chi connectivity index (χ4v) is 5.57. The molecule has 0 radical (unpaired) electrons. The summed E-state index contributed by atoms with van der Waals surface area (Å²) in [5.74, 6) is -2.30. The Hall–Kier alpha value is -4.38. The maximum Gasteiger partial charge on any atom is 0.276 e. The van der Waals surface area contributed by atoms with Gasteiger partial charge in [-0.2, -0.15) is 5.10 Å². The van der Waals surface area contributed by atoms with Crippen molar-refractivity contribution in [3.05, 3.63) is 99.7 Å². The van der Waals surface area contributed by atoms with Crippen LogP contribution in [0.25, 0.3) is 0 Å². The van der Waals surface area contributed by atoms with Crippen LogP contribution in [0, 0.1) is 32.4 Å². The lowest BCUT2D eigenvalue weighted by atomic mass is 10.1. The van der Waals surface area contributed by atoms with Gasteiger partial charge in [-0.25, -0.2) is 8.78 Å². The van der Waals surface area contributed by atoms with E-state index in [0.717, 1.165) is 29.1 Å². The van der Waals surface area contributed by atoms with E-state index in [1.807, 2.05) is 50.2 Å². The largest absolute Gasteiger partial charge is 0.361 e. The molecule has 0 bridgehead atoms. The van der Waals surface area contributed by atoms with Gasteiger partial charge in [-0.05, 0) is 50.5 Å². The number of carbonyl (C=O) groups is 2. The lowest BCUT2D eigenvalue weighted by molar-refractivity contribution is -0.116. The van der Waals surface area contributed by atoms with Crippen molar-refractivity contribution in [1.29, 1.82) is 0 Å². The molecule has 0 saturated heterocycles. The molecule has 3 heterocycles. The van der Waals surface area contributed by atoms with E-state index >= 15 is 0 Å². The van der Waals surface area contributed by atoms with Crippen molar-refractivity contribution in [2.75, 3.05) is 31.1 Å². The number of aromatic nitrogens is 3. The number of nitrogens with zero attached hydrogens (tertiary/aromatic N) is 6. The zero-order valence-corrected chi connectivity index (χ0v) is 24.9. The lowest BCUT2D eigenvalue weighted by Gasteiger charge is -2.28. The lowest BCUT2D eigenvalue weighted by Crippen LogP contribution is -2.39. The summed E-state index contributed by atoms with van der Waals surface area (Å²) in [7, 11) is 0. The van der Waals surface area contributed by atoms with E-state index in [1.54, 1.807) is 16.5 Å². The summed E-state index contributed by atoms with van der Waals surface area (Å²) in [5.41, 5.74) is 4.22. The van der Waals surface area contributed by atoms with Gasteiger partial charge in [0.15, 0.2) is 17.3 Å². The molecule has 9 nitrogen and oxygen atoms in total. The first-order valence-electron chi connectivity index (χ1n) is 14.4. The predicted molar refractivity (Wildman–Crippen MR) is 158 cm³/mol. The summed E-state index contributed by atoms with van der Waals surface area (Å²) in [4.78, 5) is 32.2. The first kappa shape index (κ1) is 30.1. The second kappa shape index (κ2) is 12.9. The summed E-state index contributed by atoms with van der Waals surface area (Å²) >= 11 is 0. The molecule has 0 saturated carbocycles. The quantitative estimate of drug-likeness (QED) is 0.324. The fourth-order valence-electron chi connectivity index (χ4n) is 5.57. The molecule has 226 valence electrons. The van der Waals surface area contributed by atoms with Gasteiger partial charge in [0, 0.05) is 63.5 Å². The van der Waals surface area contributed by atoms with Crippen LogP contribution >= 0.6 is 0 Å². The van der Waals surface area contributed by atoms with Crippen molar-refractivity contribution < 1.29 is 22.9 Å². The number of fused-ring (bicyclic) bond motifs is 1. The molecule has 1 aliphatic rings. The van der Waals surface area contributed by atoms with Crippen molar-refractivity contribution >= 4 is 17.5 Å². The SMILES string of the molecule is CC(=O)N1CCCN(Cc2ccccc2)CCN(C(=O)c2noc(C)c2Cn2nc(C)cc2C)Cc2cc(F)c(F)cc21. The fraction of sp³-hybridized carbons (Fsp3) is 0.375. The molecule has 0 spiro atoms. The van der Waals surface area contributed by atoms with Crippen molar-refractivity contribution in [2.24, 2.45) is 0 Å². The molecule has 11 heteroatoms. The number of amides is 2. The molecule has 1 aliphatic heterocycles. The Morgan fingerprint density at radius 1 is 0.930 bits per heavy atom. The first-order chi connectivity index (χ1) is 20.6. The Kier molecular flexibility index (Phi) is 9.00. The third kappa shape index (κ3) is 6.83. The van der Waals surface area contributed by atoms with E-state index < -0.39 is 17.5 Å². The molecule has 2 aromatic carbocycles. The highest BCUT2D eigenvalue weighted by Crippen LogP contribution is 2.28. The Labute approximate surface area is 249 Å². The standard InChI is InChI=1S/C32H36F2N6O3/c1-21-15-22(2)40(35-21)20-27-23(3)43-36-31(27)32(42)38-14-13-37(18-25-9-6-5-7-10-25)11-8-12-39(24(4)41)30-17-29(34)28(33)16-26(30)19-38/h5-7,9-10,15-17H,8,11-14,18-20H2,1-4H3. The first-order valence-corrected chi connectivity index (χ1v) is 14.4. The van der Waals surface area contributed by atoms with Crippen LogP contribution in [-0.2, 0) is 24.4 Å². The number of carbonyl (C=O) groups excluding carboxylic acids is 2. The minimum atomic E-state index is -1.05. The molecule has 5 rings (SSSR count). The van der Waals surface area contributed by atoms with Crippen LogP contribution in [-0.4, -0.2) is 62.7 Å². The van der Waals surface area contributed by atoms with Crippen molar-refractivity contribution in [1.82, 2.24) is 24.7 Å². The van der Waals surface area contributed by atoms with Gasteiger partial charge in [-0.15, -0.1) is 0 Å². The number of anilines is 1. The van der Waals surface area contributed by atoms with Gasteiger partial charge in [0.05, 0.1) is 17.9 Å². The van der Waals surface area contributed by atoms with E-state index in [9.17, 15) is 18.4 Å². The Morgan fingerprint density at radius 3 is 2.37 bits per heavy atom. The molecule has 0 fully saturated rings. The van der Waals surface area contributed by atoms with Gasteiger partial charge in [0.2, 0.25) is 5.91 Å². The Bertz CT molecular complexity index is 1620. The molecule has 0 unspecified atom stereocenters. The van der Waals surface area contributed by atoms with E-state index in [0.29, 0.717) is 56.0 Å². The maximum absolute atomic E-state index is 14.6. The molecular weight excluding hydrogens is 554 g/mol. The van der Waals surface area contributed by atoms with Crippen LogP contribution in [0.4, 0.5) is 14.5 Å². The van der Waals surface area contributed by atoms with Crippen LogP contribution in [0.2, 0.25) is 0 Å².